The van der Waals surface area contributed by atoms with Gasteiger partial charge in [0.25, 0.3) is 5.56 Å². The standard InChI is InChI=1S/C20H23N5O3S/c1-3-16-12-19(26)25-20(24-16)15-6-9-18(22-13-15)21-10-11-23-29(27,28)17-7-4-14(2)5-8-17/h4-9,12-13,23H,3,10-11H2,1-2H3,(H,21,22)(H,24,25,26). The predicted octanol–water partition coefficient (Wildman–Crippen LogP) is 2.09. The Morgan fingerprint density at radius 2 is 1.83 bits per heavy atom. The van der Waals surface area contributed by atoms with E-state index in [4.69, 9.17) is 0 Å². The predicted molar refractivity (Wildman–Crippen MR) is 112 cm³/mol. The first-order chi connectivity index (χ1) is 13.9. The van der Waals surface area contributed by atoms with Crippen LogP contribution in [0.15, 0.2) is 58.4 Å². The Labute approximate surface area is 169 Å². The molecule has 152 valence electrons. The number of nitrogens with zero attached hydrogens (tertiary/aromatic N) is 2. The molecule has 0 saturated heterocycles. The van der Waals surface area contributed by atoms with Gasteiger partial charge >= 0.3 is 0 Å². The van der Waals surface area contributed by atoms with Crippen molar-refractivity contribution in [2.24, 2.45) is 0 Å². The molecule has 0 aliphatic carbocycles. The molecule has 0 aliphatic heterocycles. The van der Waals surface area contributed by atoms with Crippen LogP contribution in [0.25, 0.3) is 11.4 Å². The second kappa shape index (κ2) is 8.97. The van der Waals surface area contributed by atoms with Gasteiger partial charge in [0.1, 0.15) is 11.6 Å². The highest BCUT2D eigenvalue weighted by Crippen LogP contribution is 2.15. The van der Waals surface area contributed by atoms with Gasteiger partial charge in [-0.2, -0.15) is 0 Å². The minimum Gasteiger partial charge on any atom is -0.369 e. The van der Waals surface area contributed by atoms with Gasteiger partial charge in [0, 0.05) is 36.6 Å². The first kappa shape index (κ1) is 20.7. The van der Waals surface area contributed by atoms with E-state index < -0.39 is 10.0 Å². The molecule has 0 bridgehead atoms. The molecule has 3 rings (SSSR count). The monoisotopic (exact) mass is 413 g/mol. The zero-order valence-electron chi connectivity index (χ0n) is 16.3. The number of aromatic amines is 1. The van der Waals surface area contributed by atoms with Gasteiger partial charge in [-0.15, -0.1) is 0 Å². The topological polar surface area (TPSA) is 117 Å². The molecule has 8 nitrogen and oxygen atoms in total. The molecule has 0 atom stereocenters. The molecule has 0 amide bonds. The fourth-order valence-electron chi connectivity index (χ4n) is 2.64. The molecule has 29 heavy (non-hydrogen) atoms. The number of pyridine rings is 1. The number of hydrogen-bond donors (Lipinski definition) is 3. The Morgan fingerprint density at radius 1 is 1.07 bits per heavy atom. The van der Waals surface area contributed by atoms with E-state index in [-0.39, 0.29) is 17.0 Å². The number of aryl methyl sites for hydroxylation is 2. The molecule has 3 aromatic rings. The highest BCUT2D eigenvalue weighted by atomic mass is 32.2. The molecule has 1 aromatic carbocycles. The summed E-state index contributed by atoms with van der Waals surface area (Å²) in [5.74, 6) is 1.07. The van der Waals surface area contributed by atoms with Crippen molar-refractivity contribution in [1.29, 1.82) is 0 Å². The quantitative estimate of drug-likeness (QED) is 0.487. The molecule has 0 spiro atoms. The van der Waals surface area contributed by atoms with Gasteiger partial charge < -0.3 is 10.3 Å². The summed E-state index contributed by atoms with van der Waals surface area (Å²) in [7, 11) is -3.54. The van der Waals surface area contributed by atoms with Crippen LogP contribution in [0.3, 0.4) is 0 Å². The second-order valence-electron chi connectivity index (χ2n) is 6.51. The van der Waals surface area contributed by atoms with E-state index in [1.165, 1.54) is 6.07 Å². The van der Waals surface area contributed by atoms with Crippen LogP contribution in [-0.4, -0.2) is 36.5 Å². The Hall–Kier alpha value is -3.04. The fraction of sp³-hybridized carbons (Fsp3) is 0.250. The number of sulfonamides is 1. The van der Waals surface area contributed by atoms with Gasteiger partial charge in [0.15, 0.2) is 0 Å². The van der Waals surface area contributed by atoms with Crippen molar-refractivity contribution in [1.82, 2.24) is 19.7 Å². The lowest BCUT2D eigenvalue weighted by atomic mass is 10.2. The molecule has 2 aromatic heterocycles. The first-order valence-corrected chi connectivity index (χ1v) is 10.7. The van der Waals surface area contributed by atoms with E-state index in [2.05, 4.69) is 25.0 Å². The minimum absolute atomic E-state index is 0.199. The van der Waals surface area contributed by atoms with Gasteiger partial charge in [-0.1, -0.05) is 24.6 Å². The van der Waals surface area contributed by atoms with Gasteiger partial charge in [0.2, 0.25) is 10.0 Å². The zero-order valence-corrected chi connectivity index (χ0v) is 17.1. The maximum Gasteiger partial charge on any atom is 0.251 e. The van der Waals surface area contributed by atoms with Crippen molar-refractivity contribution in [3.05, 3.63) is 70.3 Å². The Morgan fingerprint density at radius 3 is 2.48 bits per heavy atom. The normalized spacial score (nSPS) is 11.4. The second-order valence-corrected chi connectivity index (χ2v) is 8.28. The summed E-state index contributed by atoms with van der Waals surface area (Å²) in [6.45, 7) is 4.43. The fourth-order valence-corrected chi connectivity index (χ4v) is 3.67. The number of benzene rings is 1. The third kappa shape index (κ3) is 5.49. The van der Waals surface area contributed by atoms with Gasteiger partial charge in [-0.05, 0) is 37.6 Å². The van der Waals surface area contributed by atoms with E-state index in [0.29, 0.717) is 35.9 Å². The first-order valence-electron chi connectivity index (χ1n) is 9.24. The summed E-state index contributed by atoms with van der Waals surface area (Å²) in [4.78, 5) is 23.3. The molecule has 0 saturated carbocycles. The summed E-state index contributed by atoms with van der Waals surface area (Å²) < 4.78 is 27.0. The lowest BCUT2D eigenvalue weighted by molar-refractivity contribution is 0.583. The van der Waals surface area contributed by atoms with E-state index in [1.807, 2.05) is 13.8 Å². The maximum absolute atomic E-state index is 12.2. The average Bonchev–Trinajstić information content (AvgIpc) is 2.71. The van der Waals surface area contributed by atoms with Crippen LogP contribution in [0.5, 0.6) is 0 Å². The Kier molecular flexibility index (Phi) is 6.40. The Bertz CT molecular complexity index is 1120. The van der Waals surface area contributed by atoms with E-state index in [0.717, 1.165) is 5.56 Å². The molecule has 0 fully saturated rings. The van der Waals surface area contributed by atoms with E-state index in [1.54, 1.807) is 42.6 Å². The van der Waals surface area contributed by atoms with Crippen LogP contribution in [0.4, 0.5) is 5.82 Å². The largest absolute Gasteiger partial charge is 0.369 e. The summed E-state index contributed by atoms with van der Waals surface area (Å²) in [6.07, 6.45) is 2.28. The molecular weight excluding hydrogens is 390 g/mol. The van der Waals surface area contributed by atoms with Crippen molar-refractivity contribution >= 4 is 15.8 Å². The van der Waals surface area contributed by atoms with Crippen LogP contribution >= 0.6 is 0 Å². The molecule has 2 heterocycles. The number of H-pyrrole nitrogens is 1. The molecule has 3 N–H and O–H groups in total. The van der Waals surface area contributed by atoms with Crippen LogP contribution in [0, 0.1) is 6.92 Å². The number of rotatable bonds is 8. The van der Waals surface area contributed by atoms with Crippen LogP contribution in [-0.2, 0) is 16.4 Å². The van der Waals surface area contributed by atoms with Crippen molar-refractivity contribution < 1.29 is 8.42 Å². The van der Waals surface area contributed by atoms with Crippen LogP contribution in [0.1, 0.15) is 18.2 Å². The van der Waals surface area contributed by atoms with Crippen molar-refractivity contribution in [2.75, 3.05) is 18.4 Å². The van der Waals surface area contributed by atoms with Crippen molar-refractivity contribution in [3.63, 3.8) is 0 Å². The number of nitrogens with one attached hydrogen (secondary N) is 3. The summed E-state index contributed by atoms with van der Waals surface area (Å²) in [5.41, 5.74) is 2.21. The van der Waals surface area contributed by atoms with Gasteiger partial charge in [0.05, 0.1) is 4.90 Å². The lowest BCUT2D eigenvalue weighted by Crippen LogP contribution is -2.29. The maximum atomic E-state index is 12.2. The van der Waals surface area contributed by atoms with Crippen LogP contribution in [0.2, 0.25) is 0 Å². The van der Waals surface area contributed by atoms with Gasteiger partial charge in [-0.25, -0.2) is 23.1 Å². The highest BCUT2D eigenvalue weighted by Gasteiger charge is 2.12. The zero-order chi connectivity index (χ0) is 20.9. The number of anilines is 1. The molecular formula is C20H23N5O3S. The molecule has 9 heteroatoms. The third-order valence-electron chi connectivity index (χ3n) is 4.25. The van der Waals surface area contributed by atoms with Crippen molar-refractivity contribution in [2.45, 2.75) is 25.2 Å². The number of hydrogen-bond acceptors (Lipinski definition) is 6. The number of aromatic nitrogens is 3. The average molecular weight is 414 g/mol. The lowest BCUT2D eigenvalue weighted by Gasteiger charge is -2.09. The van der Waals surface area contributed by atoms with Gasteiger partial charge in [-0.3, -0.25) is 4.79 Å². The third-order valence-corrected chi connectivity index (χ3v) is 5.73. The molecule has 0 radical (unpaired) electrons. The summed E-state index contributed by atoms with van der Waals surface area (Å²) in [6, 6.07) is 11.7. The van der Waals surface area contributed by atoms with E-state index in [9.17, 15) is 13.2 Å². The molecule has 0 aliphatic rings. The minimum atomic E-state index is -3.54. The SMILES string of the molecule is CCc1cc(=O)[nH]c(-c2ccc(NCCNS(=O)(=O)c3ccc(C)cc3)nc2)n1. The Balaban J connectivity index is 1.56. The smallest absolute Gasteiger partial charge is 0.251 e. The molecule has 0 unspecified atom stereocenters. The van der Waals surface area contributed by atoms with Crippen molar-refractivity contribution in [3.8, 4) is 11.4 Å². The highest BCUT2D eigenvalue weighted by molar-refractivity contribution is 7.89. The summed E-state index contributed by atoms with van der Waals surface area (Å²) in [5, 5.41) is 3.06. The summed E-state index contributed by atoms with van der Waals surface area (Å²) >= 11 is 0. The van der Waals surface area contributed by atoms with Crippen LogP contribution < -0.4 is 15.6 Å². The van der Waals surface area contributed by atoms with E-state index >= 15 is 0 Å².